The van der Waals surface area contributed by atoms with E-state index >= 15 is 0 Å². The summed E-state index contributed by atoms with van der Waals surface area (Å²) in [6.07, 6.45) is 1.80. The quantitative estimate of drug-likeness (QED) is 0.282. The molecule has 0 unspecified atom stereocenters. The maximum Gasteiger partial charge on any atom is 0.335 e. The molecule has 36 heavy (non-hydrogen) atoms. The van der Waals surface area contributed by atoms with Gasteiger partial charge in [-0.05, 0) is 73.0 Å². The molecule has 0 radical (unpaired) electrons. The summed E-state index contributed by atoms with van der Waals surface area (Å²) in [5.74, 6) is -1.40. The molecule has 1 N–H and O–H groups in total. The van der Waals surface area contributed by atoms with Gasteiger partial charge in [-0.25, -0.2) is 14.1 Å². The third-order valence-corrected chi connectivity index (χ3v) is 6.69. The molecule has 0 spiro atoms. The number of aryl methyl sites for hydroxylation is 1. The minimum absolute atomic E-state index is 0.224. The van der Waals surface area contributed by atoms with Crippen molar-refractivity contribution in [3.63, 3.8) is 0 Å². The first-order valence-corrected chi connectivity index (χ1v) is 12.2. The molecule has 0 bridgehead atoms. The highest BCUT2D eigenvalue weighted by molar-refractivity contribution is 9.10. The molecule has 1 aliphatic rings. The number of barbiturate groups is 1. The maximum absolute atomic E-state index is 13.7. The average molecular weight is 572 g/mol. The number of carbonyl (C=O) groups excluding carboxylic acids is 3. The van der Waals surface area contributed by atoms with Crippen molar-refractivity contribution in [1.82, 2.24) is 5.32 Å². The molecular formula is C27H21BrClFN2O4. The van der Waals surface area contributed by atoms with Gasteiger partial charge in [0.1, 0.15) is 17.1 Å². The van der Waals surface area contributed by atoms with Crippen LogP contribution in [0.25, 0.3) is 6.08 Å². The Morgan fingerprint density at radius 1 is 1.11 bits per heavy atom. The largest absolute Gasteiger partial charge is 0.494 e. The minimum Gasteiger partial charge on any atom is -0.494 e. The number of benzene rings is 3. The van der Waals surface area contributed by atoms with Crippen molar-refractivity contribution in [1.29, 1.82) is 0 Å². The van der Waals surface area contributed by atoms with Gasteiger partial charge in [0.15, 0.2) is 0 Å². The molecule has 1 heterocycles. The van der Waals surface area contributed by atoms with Crippen LogP contribution in [0.2, 0.25) is 5.02 Å². The smallest absolute Gasteiger partial charge is 0.335 e. The van der Waals surface area contributed by atoms with Gasteiger partial charge in [-0.15, -0.1) is 0 Å². The van der Waals surface area contributed by atoms with Gasteiger partial charge < -0.3 is 4.74 Å². The molecule has 1 aliphatic heterocycles. The lowest BCUT2D eigenvalue weighted by Gasteiger charge is -2.26. The second-order valence-corrected chi connectivity index (χ2v) is 9.37. The second kappa shape index (κ2) is 10.6. The molecule has 3 aromatic carbocycles. The molecule has 9 heteroatoms. The van der Waals surface area contributed by atoms with Crippen LogP contribution in [0.3, 0.4) is 0 Å². The lowest BCUT2D eigenvalue weighted by molar-refractivity contribution is -0.122. The fourth-order valence-electron chi connectivity index (χ4n) is 3.80. The Labute approximate surface area is 220 Å². The van der Waals surface area contributed by atoms with Gasteiger partial charge in [-0.2, -0.15) is 0 Å². The van der Waals surface area contributed by atoms with E-state index in [-0.39, 0.29) is 17.1 Å². The van der Waals surface area contributed by atoms with Crippen LogP contribution in [0.4, 0.5) is 14.9 Å². The first-order chi connectivity index (χ1) is 17.2. The highest BCUT2D eigenvalue weighted by Gasteiger charge is 2.37. The van der Waals surface area contributed by atoms with E-state index in [4.69, 9.17) is 16.3 Å². The SMILES string of the molecule is CCOc1cc(/C=C2\C(=O)NC(=O)N(c3ccc(C)c(Cl)c3)C2=O)cc(Br)c1Cc1cccc(F)c1. The number of imide groups is 2. The van der Waals surface area contributed by atoms with Crippen molar-refractivity contribution < 1.29 is 23.5 Å². The van der Waals surface area contributed by atoms with Gasteiger partial charge in [0.2, 0.25) is 0 Å². The van der Waals surface area contributed by atoms with Gasteiger partial charge >= 0.3 is 6.03 Å². The number of nitrogens with one attached hydrogen (secondary N) is 1. The average Bonchev–Trinajstić information content (AvgIpc) is 2.81. The van der Waals surface area contributed by atoms with Crippen LogP contribution in [0, 0.1) is 12.7 Å². The Kier molecular flexibility index (Phi) is 7.56. The minimum atomic E-state index is -0.858. The molecule has 0 aliphatic carbocycles. The highest BCUT2D eigenvalue weighted by Crippen LogP contribution is 2.33. The van der Waals surface area contributed by atoms with E-state index in [2.05, 4.69) is 21.2 Å². The van der Waals surface area contributed by atoms with Crippen molar-refractivity contribution in [2.75, 3.05) is 11.5 Å². The summed E-state index contributed by atoms with van der Waals surface area (Å²) in [5.41, 5.74) is 2.85. The number of nitrogens with zero attached hydrogens (tertiary/aromatic N) is 1. The predicted molar refractivity (Wildman–Crippen MR) is 140 cm³/mol. The van der Waals surface area contributed by atoms with Gasteiger partial charge in [-0.1, -0.05) is 45.7 Å². The van der Waals surface area contributed by atoms with E-state index in [0.717, 1.165) is 21.6 Å². The molecule has 0 aromatic heterocycles. The Morgan fingerprint density at radius 2 is 1.89 bits per heavy atom. The first kappa shape index (κ1) is 25.6. The summed E-state index contributed by atoms with van der Waals surface area (Å²) in [6.45, 7) is 4.00. The fraction of sp³-hybridized carbons (Fsp3) is 0.148. The first-order valence-electron chi connectivity index (χ1n) is 11.0. The van der Waals surface area contributed by atoms with Crippen LogP contribution in [0.1, 0.15) is 29.2 Å². The summed E-state index contributed by atoms with van der Waals surface area (Å²) in [6, 6.07) is 13.6. The van der Waals surface area contributed by atoms with E-state index in [9.17, 15) is 18.8 Å². The van der Waals surface area contributed by atoms with Crippen LogP contribution in [0.5, 0.6) is 5.75 Å². The van der Waals surface area contributed by atoms with Gasteiger partial charge in [0, 0.05) is 21.5 Å². The number of halogens is 3. The van der Waals surface area contributed by atoms with Crippen molar-refractivity contribution in [3.05, 3.63) is 97.7 Å². The Morgan fingerprint density at radius 3 is 2.58 bits per heavy atom. The molecule has 6 nitrogen and oxygen atoms in total. The number of hydrogen-bond acceptors (Lipinski definition) is 4. The van der Waals surface area contributed by atoms with Crippen LogP contribution < -0.4 is 15.0 Å². The summed E-state index contributed by atoms with van der Waals surface area (Å²) in [7, 11) is 0. The van der Waals surface area contributed by atoms with Crippen LogP contribution in [0.15, 0.2) is 64.6 Å². The van der Waals surface area contributed by atoms with Crippen LogP contribution in [-0.2, 0) is 16.0 Å². The molecule has 3 aromatic rings. The molecular weight excluding hydrogens is 551 g/mol. The number of hydrogen-bond donors (Lipinski definition) is 1. The molecule has 0 atom stereocenters. The predicted octanol–water partition coefficient (Wildman–Crippen LogP) is 6.21. The lowest BCUT2D eigenvalue weighted by Crippen LogP contribution is -2.54. The lowest BCUT2D eigenvalue weighted by atomic mass is 10.0. The third kappa shape index (κ3) is 5.34. The monoisotopic (exact) mass is 570 g/mol. The number of urea groups is 1. The van der Waals surface area contributed by atoms with Crippen molar-refractivity contribution in [2.45, 2.75) is 20.3 Å². The van der Waals surface area contributed by atoms with Crippen molar-refractivity contribution in [3.8, 4) is 5.75 Å². The molecule has 1 saturated heterocycles. The zero-order valence-electron chi connectivity index (χ0n) is 19.4. The van der Waals surface area contributed by atoms with Gasteiger partial charge in [-0.3, -0.25) is 14.9 Å². The van der Waals surface area contributed by atoms with E-state index in [0.29, 0.717) is 33.8 Å². The summed E-state index contributed by atoms with van der Waals surface area (Å²) in [5, 5.41) is 2.59. The van der Waals surface area contributed by atoms with E-state index in [1.54, 1.807) is 37.3 Å². The Balaban J connectivity index is 1.72. The van der Waals surface area contributed by atoms with E-state index in [1.807, 2.05) is 13.0 Å². The molecule has 0 saturated carbocycles. The summed E-state index contributed by atoms with van der Waals surface area (Å²) >= 11 is 9.72. The van der Waals surface area contributed by atoms with Crippen LogP contribution in [-0.4, -0.2) is 24.5 Å². The number of carbonyl (C=O) groups is 3. The summed E-state index contributed by atoms with van der Waals surface area (Å²) < 4.78 is 20.2. The zero-order valence-corrected chi connectivity index (χ0v) is 21.7. The molecule has 4 rings (SSSR count). The Hall–Kier alpha value is -3.49. The fourth-order valence-corrected chi connectivity index (χ4v) is 4.58. The highest BCUT2D eigenvalue weighted by atomic mass is 79.9. The number of rotatable bonds is 6. The molecule has 184 valence electrons. The van der Waals surface area contributed by atoms with Crippen molar-refractivity contribution >= 4 is 57.1 Å². The molecule has 4 amide bonds. The second-order valence-electron chi connectivity index (χ2n) is 8.11. The number of anilines is 1. The zero-order chi connectivity index (χ0) is 26.0. The van der Waals surface area contributed by atoms with Crippen molar-refractivity contribution in [2.24, 2.45) is 0 Å². The normalized spacial score (nSPS) is 14.9. The van der Waals surface area contributed by atoms with Crippen LogP contribution >= 0.6 is 27.5 Å². The standard InChI is InChI=1S/C27H21BrClFN2O4/c1-3-36-24-13-17(12-22(28)20(24)10-16-5-4-6-18(30)9-16)11-21-25(33)31-27(35)32(26(21)34)19-8-7-15(2)23(29)14-19/h4-9,11-14H,3,10H2,1-2H3,(H,31,33,35)/b21-11+. The van der Waals surface area contributed by atoms with E-state index < -0.39 is 17.8 Å². The molecule has 1 fully saturated rings. The Bertz CT molecular complexity index is 1420. The third-order valence-electron chi connectivity index (χ3n) is 5.57. The number of ether oxygens (including phenoxy) is 1. The van der Waals surface area contributed by atoms with Gasteiger partial charge in [0.05, 0.1) is 12.3 Å². The maximum atomic E-state index is 13.7. The van der Waals surface area contributed by atoms with Gasteiger partial charge in [0.25, 0.3) is 11.8 Å². The summed E-state index contributed by atoms with van der Waals surface area (Å²) in [4.78, 5) is 39.2. The topological polar surface area (TPSA) is 75.7 Å². The van der Waals surface area contributed by atoms with E-state index in [1.165, 1.54) is 24.3 Å². The number of amides is 4.